The summed E-state index contributed by atoms with van der Waals surface area (Å²) < 4.78 is 0. The summed E-state index contributed by atoms with van der Waals surface area (Å²) in [5.41, 5.74) is 18.3. The first-order valence-electron chi connectivity index (χ1n) is 18.9. The second-order valence-electron chi connectivity index (χ2n) is 18.1. The maximum absolute atomic E-state index is 2.66. The van der Waals surface area contributed by atoms with E-state index in [1.54, 1.807) is 43.4 Å². The predicted molar refractivity (Wildman–Crippen MR) is 218 cm³/mol. The van der Waals surface area contributed by atoms with Crippen LogP contribution in [0.1, 0.15) is 98.9 Å². The van der Waals surface area contributed by atoms with Gasteiger partial charge < -0.3 is 24.8 Å². The number of halogens is 2. The topological polar surface area (TPSA) is 0 Å². The van der Waals surface area contributed by atoms with Crippen LogP contribution in [0.15, 0.2) is 72.8 Å². The molecule has 0 saturated heterocycles. The van der Waals surface area contributed by atoms with Gasteiger partial charge in [0.1, 0.15) is 0 Å². The molecule has 0 amide bonds. The molecule has 8 rings (SSSR count). The van der Waals surface area contributed by atoms with Crippen LogP contribution < -0.4 is 35.2 Å². The fraction of sp³-hybridized carbons (Fsp3) is 0.375. The zero-order chi connectivity index (χ0) is 34.6. The Bertz CT molecular complexity index is 2100. The minimum Gasteiger partial charge on any atom is -1.00 e. The van der Waals surface area contributed by atoms with E-state index >= 15 is 0 Å². The van der Waals surface area contributed by atoms with Gasteiger partial charge in [0.15, 0.2) is 0 Å². The van der Waals surface area contributed by atoms with Gasteiger partial charge in [0.25, 0.3) is 0 Å². The van der Waals surface area contributed by atoms with Crippen LogP contribution in [0, 0.1) is 13.8 Å². The van der Waals surface area contributed by atoms with Crippen LogP contribution >= 0.6 is 0 Å². The summed E-state index contributed by atoms with van der Waals surface area (Å²) in [6.07, 6.45) is 7.30. The molecule has 6 aromatic rings. The van der Waals surface area contributed by atoms with Gasteiger partial charge >= 0.3 is 25.8 Å². The molecule has 0 atom stereocenters. The molecule has 0 unspecified atom stereocenters. The summed E-state index contributed by atoms with van der Waals surface area (Å²) in [4.78, 5) is 0. The molecule has 0 nitrogen and oxygen atoms in total. The SMILES string of the molecule is Cc1[cH-]c2cc3c(c(-c4ccc(C(C)(C)C)cc4)c2c1[Si](C)(C)c1c(C)[cH-]c2cc4c(c(-c5ccc(C(C)(C)C)cc5)c12)CCC4)CCC3.[Cl-].[Cl-].[Hf+4]. The van der Waals surface area contributed by atoms with E-state index in [0.29, 0.717) is 0 Å². The Hall–Kier alpha value is -2.23. The summed E-state index contributed by atoms with van der Waals surface area (Å²) in [5, 5.41) is 9.30. The zero-order valence-electron chi connectivity index (χ0n) is 32.9. The average molecular weight is 908 g/mol. The number of benzene rings is 4. The first-order chi connectivity index (χ1) is 23.1. The van der Waals surface area contributed by atoms with Gasteiger partial charge in [0.05, 0.1) is 0 Å². The van der Waals surface area contributed by atoms with Gasteiger partial charge in [-0.25, -0.2) is 0 Å². The minimum atomic E-state index is -2.24. The molecule has 0 fully saturated rings. The van der Waals surface area contributed by atoms with Gasteiger partial charge in [-0.1, -0.05) is 150 Å². The molecule has 4 heteroatoms. The number of aryl methyl sites for hydroxylation is 4. The Balaban J connectivity index is 0.00000174. The van der Waals surface area contributed by atoms with Gasteiger partial charge in [0, 0.05) is 8.07 Å². The molecule has 2 aliphatic rings. The molecule has 6 aromatic carbocycles. The summed E-state index contributed by atoms with van der Waals surface area (Å²) in [6, 6.07) is 29.5. The second kappa shape index (κ2) is 14.4. The summed E-state index contributed by atoms with van der Waals surface area (Å²) in [6.45, 7) is 24.1. The predicted octanol–water partition coefficient (Wildman–Crippen LogP) is 5.78. The smallest absolute Gasteiger partial charge is 1.00 e. The fourth-order valence-electron chi connectivity index (χ4n) is 9.95. The van der Waals surface area contributed by atoms with Crippen molar-refractivity contribution < 1.29 is 50.7 Å². The Morgan fingerprint density at radius 1 is 0.538 bits per heavy atom. The third-order valence-corrected chi connectivity index (χ3v) is 16.0. The second-order valence-corrected chi connectivity index (χ2v) is 22.3. The average Bonchev–Trinajstić information content (AvgIpc) is 3.82. The normalized spacial score (nSPS) is 14.2. The molecule has 0 bridgehead atoms. The first kappa shape index (κ1) is 40.9. The molecule has 52 heavy (non-hydrogen) atoms. The number of hydrogen-bond donors (Lipinski definition) is 0. The summed E-state index contributed by atoms with van der Waals surface area (Å²) in [5.74, 6) is 0. The van der Waals surface area contributed by atoms with Crippen LogP contribution in [0.4, 0.5) is 0 Å². The Kier molecular flexibility index (Phi) is 11.4. The van der Waals surface area contributed by atoms with Gasteiger partial charge in [0.2, 0.25) is 0 Å². The van der Waals surface area contributed by atoms with Gasteiger partial charge in [-0.15, -0.1) is 56.9 Å². The van der Waals surface area contributed by atoms with Crippen LogP contribution in [0.5, 0.6) is 0 Å². The van der Waals surface area contributed by atoms with Crippen LogP contribution in [-0.4, -0.2) is 8.07 Å². The quantitative estimate of drug-likeness (QED) is 0.156. The molecule has 0 aromatic heterocycles. The van der Waals surface area contributed by atoms with E-state index in [1.807, 2.05) is 0 Å². The monoisotopic (exact) mass is 908 g/mol. The van der Waals surface area contributed by atoms with E-state index in [2.05, 4.69) is 141 Å². The van der Waals surface area contributed by atoms with E-state index in [4.69, 9.17) is 0 Å². The summed E-state index contributed by atoms with van der Waals surface area (Å²) in [7, 11) is -2.24. The van der Waals surface area contributed by atoms with Crippen molar-refractivity contribution in [1.29, 1.82) is 0 Å². The van der Waals surface area contributed by atoms with Crippen molar-refractivity contribution >= 4 is 40.0 Å². The molecule has 0 radical (unpaired) electrons. The van der Waals surface area contributed by atoms with E-state index < -0.39 is 8.07 Å². The standard InChI is InChI=1S/C48H54Si.2ClH.Hf/c1-29-25-35-27-33-13-11-15-39(33)41(31-17-21-37(22-18-31)47(3,4)5)43(35)45(29)49(9,10)46-30(2)26-36-28-34-14-12-16-40(34)42(44(36)46)32-19-23-38(24-20-32)48(6,7)8;;;/h17-28H,11-16H2,1-10H3;2*1H;/q-2;;;+4/p-2. The first-order valence-corrected chi connectivity index (χ1v) is 21.9. The third kappa shape index (κ3) is 6.61. The van der Waals surface area contributed by atoms with Crippen molar-refractivity contribution in [2.24, 2.45) is 0 Å². The molecule has 0 heterocycles. The van der Waals surface area contributed by atoms with E-state index in [0.717, 1.165) is 0 Å². The maximum atomic E-state index is 2.66. The van der Waals surface area contributed by atoms with Crippen molar-refractivity contribution in [3.63, 3.8) is 0 Å². The largest absolute Gasteiger partial charge is 4.00 e. The van der Waals surface area contributed by atoms with E-state index in [1.165, 1.54) is 93.8 Å². The van der Waals surface area contributed by atoms with Crippen molar-refractivity contribution in [3.8, 4) is 22.3 Å². The number of rotatable bonds is 4. The van der Waals surface area contributed by atoms with Gasteiger partial charge in [-0.05, 0) is 71.6 Å². The van der Waals surface area contributed by atoms with Crippen LogP contribution in [0.3, 0.4) is 0 Å². The van der Waals surface area contributed by atoms with Gasteiger partial charge in [-0.3, -0.25) is 0 Å². The van der Waals surface area contributed by atoms with Crippen molar-refractivity contribution in [2.75, 3.05) is 0 Å². The van der Waals surface area contributed by atoms with Gasteiger partial charge in [-0.2, -0.15) is 10.4 Å². The van der Waals surface area contributed by atoms with Crippen molar-refractivity contribution in [3.05, 3.63) is 117 Å². The Morgan fingerprint density at radius 2 is 0.885 bits per heavy atom. The van der Waals surface area contributed by atoms with Crippen LogP contribution in [0.25, 0.3) is 43.8 Å². The van der Waals surface area contributed by atoms with E-state index in [-0.39, 0.29) is 61.5 Å². The zero-order valence-corrected chi connectivity index (χ0v) is 39.0. The summed E-state index contributed by atoms with van der Waals surface area (Å²) >= 11 is 0. The maximum Gasteiger partial charge on any atom is 4.00 e. The Labute approximate surface area is 345 Å². The van der Waals surface area contributed by atoms with E-state index in [9.17, 15) is 0 Å². The molecule has 0 aliphatic heterocycles. The minimum absolute atomic E-state index is 0. The number of fused-ring (bicyclic) bond motifs is 4. The third-order valence-electron chi connectivity index (χ3n) is 12.2. The van der Waals surface area contributed by atoms with Crippen molar-refractivity contribution in [2.45, 2.75) is 118 Å². The fourth-order valence-corrected chi connectivity index (χ4v) is 14.1. The van der Waals surface area contributed by atoms with Crippen molar-refractivity contribution in [1.82, 2.24) is 0 Å². The van der Waals surface area contributed by atoms with Crippen LogP contribution in [0.2, 0.25) is 13.1 Å². The molecule has 2 aliphatic carbocycles. The Morgan fingerprint density at radius 3 is 1.21 bits per heavy atom. The number of hydrogen-bond acceptors (Lipinski definition) is 0. The molecule has 0 saturated carbocycles. The molecule has 0 N–H and O–H groups in total. The molecular formula is C48H54Cl2HfSi. The molecule has 0 spiro atoms. The van der Waals surface area contributed by atoms with Crippen LogP contribution in [-0.2, 0) is 62.4 Å². The molecular weight excluding hydrogens is 854 g/mol. The molecule has 268 valence electrons.